The fourth-order valence-corrected chi connectivity index (χ4v) is 3.52. The molecule has 0 saturated heterocycles. The number of nitrogens with two attached hydrogens (primary N) is 1. The van der Waals surface area contributed by atoms with Gasteiger partial charge in [-0.2, -0.15) is 11.8 Å². The van der Waals surface area contributed by atoms with Gasteiger partial charge in [0.2, 0.25) is 17.7 Å². The summed E-state index contributed by atoms with van der Waals surface area (Å²) in [6.07, 6.45) is -0.365. The van der Waals surface area contributed by atoms with Crippen LogP contribution in [0, 0.1) is 0 Å². The lowest BCUT2D eigenvalue weighted by Crippen LogP contribution is -2.60. The van der Waals surface area contributed by atoms with Crippen LogP contribution in [-0.2, 0) is 30.4 Å². The number of hydrogen-bond acceptors (Lipinski definition) is 9. The number of carboxylic acid groups (broad SMARTS) is 2. The quantitative estimate of drug-likeness (QED) is 0.129. The molecular weight excluding hydrogens is 496 g/mol. The highest BCUT2D eigenvalue weighted by Gasteiger charge is 2.33. The van der Waals surface area contributed by atoms with E-state index in [1.54, 1.807) is 0 Å². The van der Waals surface area contributed by atoms with Crippen LogP contribution < -0.4 is 21.7 Å². The van der Waals surface area contributed by atoms with Gasteiger partial charge in [-0.25, -0.2) is 4.79 Å². The van der Waals surface area contributed by atoms with Crippen molar-refractivity contribution in [3.63, 3.8) is 0 Å². The third kappa shape index (κ3) is 10.5. The smallest absolute Gasteiger partial charge is 0.326 e. The summed E-state index contributed by atoms with van der Waals surface area (Å²) in [6.45, 7) is 1.21. The van der Waals surface area contributed by atoms with E-state index >= 15 is 0 Å². The molecule has 0 unspecified atom stereocenters. The number of phenols is 1. The summed E-state index contributed by atoms with van der Waals surface area (Å²) in [6, 6.07) is -0.115. The minimum Gasteiger partial charge on any atom is -0.508 e. The van der Waals surface area contributed by atoms with E-state index in [0.717, 1.165) is 0 Å². The van der Waals surface area contributed by atoms with Crippen LogP contribution in [0.25, 0.3) is 0 Å². The summed E-state index contributed by atoms with van der Waals surface area (Å²) in [7, 11) is 0. The fourth-order valence-electron chi connectivity index (χ4n) is 3.03. The van der Waals surface area contributed by atoms with Gasteiger partial charge < -0.3 is 42.1 Å². The second-order valence-electron chi connectivity index (χ2n) is 8.04. The number of carboxylic acids is 2. The Morgan fingerprint density at radius 1 is 0.944 bits per heavy atom. The normalized spacial score (nSPS) is 15.0. The predicted molar refractivity (Wildman–Crippen MR) is 130 cm³/mol. The Morgan fingerprint density at radius 3 is 2.03 bits per heavy atom. The van der Waals surface area contributed by atoms with Crippen LogP contribution in [0.5, 0.6) is 5.75 Å². The van der Waals surface area contributed by atoms with Crippen LogP contribution >= 0.6 is 11.8 Å². The molecule has 0 spiro atoms. The Hall–Kier alpha value is -3.36. The molecule has 0 bridgehead atoms. The van der Waals surface area contributed by atoms with Crippen molar-refractivity contribution in [2.45, 2.75) is 56.5 Å². The third-order valence-electron chi connectivity index (χ3n) is 5.03. The van der Waals surface area contributed by atoms with E-state index in [1.165, 1.54) is 43.0 Å². The van der Waals surface area contributed by atoms with Crippen LogP contribution in [0.1, 0.15) is 25.3 Å². The Morgan fingerprint density at radius 2 is 1.53 bits per heavy atom. The zero-order chi connectivity index (χ0) is 27.4. The summed E-state index contributed by atoms with van der Waals surface area (Å²) in [4.78, 5) is 60.8. The number of phenolic OH excluding ortho intramolecular Hbond substituents is 1. The van der Waals surface area contributed by atoms with Crippen molar-refractivity contribution in [3.05, 3.63) is 29.8 Å². The minimum absolute atomic E-state index is 0.0381. The Kier molecular flexibility index (Phi) is 12.7. The number of aliphatic hydroxyl groups is 1. The molecule has 1 aromatic rings. The number of hydrogen-bond donors (Lipinski definition) is 8. The van der Waals surface area contributed by atoms with E-state index in [4.69, 9.17) is 5.73 Å². The van der Waals surface area contributed by atoms with Gasteiger partial charge >= 0.3 is 11.9 Å². The van der Waals surface area contributed by atoms with E-state index in [-0.39, 0.29) is 12.2 Å². The lowest BCUT2D eigenvalue weighted by atomic mass is 10.0. The molecule has 0 aliphatic heterocycles. The van der Waals surface area contributed by atoms with E-state index in [2.05, 4.69) is 16.0 Å². The number of aliphatic hydroxyl groups excluding tert-OH is 1. The topological polar surface area (TPSA) is 228 Å². The largest absolute Gasteiger partial charge is 0.508 e. The highest BCUT2D eigenvalue weighted by atomic mass is 32.2. The zero-order valence-corrected chi connectivity index (χ0v) is 20.7. The molecule has 1 aromatic carbocycles. The molecule has 0 fully saturated rings. The van der Waals surface area contributed by atoms with Crippen molar-refractivity contribution >= 4 is 41.4 Å². The number of aliphatic carboxylic acids is 2. The van der Waals surface area contributed by atoms with Crippen LogP contribution in [-0.4, -0.2) is 92.4 Å². The van der Waals surface area contributed by atoms with Gasteiger partial charge in [-0.3, -0.25) is 19.2 Å². The van der Waals surface area contributed by atoms with Gasteiger partial charge in [0.1, 0.15) is 23.9 Å². The number of nitrogens with one attached hydrogen (secondary N) is 3. The molecular formula is C22H32N4O9S. The highest BCUT2D eigenvalue weighted by Crippen LogP contribution is 2.12. The van der Waals surface area contributed by atoms with Crippen molar-refractivity contribution in [1.29, 1.82) is 0 Å². The maximum absolute atomic E-state index is 12.8. The first-order valence-corrected chi connectivity index (χ1v) is 12.3. The second-order valence-corrected chi connectivity index (χ2v) is 9.03. The predicted octanol–water partition coefficient (Wildman–Crippen LogP) is -1.59. The summed E-state index contributed by atoms with van der Waals surface area (Å²) < 4.78 is 0. The lowest BCUT2D eigenvalue weighted by Gasteiger charge is -2.26. The van der Waals surface area contributed by atoms with Crippen molar-refractivity contribution in [3.8, 4) is 5.75 Å². The molecule has 1 rings (SSSR count). The molecule has 9 N–H and O–H groups in total. The first-order valence-electron chi connectivity index (χ1n) is 10.9. The summed E-state index contributed by atoms with van der Waals surface area (Å²) >= 11 is 1.46. The number of benzene rings is 1. The molecule has 3 amide bonds. The van der Waals surface area contributed by atoms with Crippen LogP contribution in [0.4, 0.5) is 0 Å². The van der Waals surface area contributed by atoms with Gasteiger partial charge in [-0.05, 0) is 43.0 Å². The number of carbonyl (C=O) groups excluding carboxylic acids is 3. The Labute approximate surface area is 211 Å². The fraction of sp³-hybridized carbons (Fsp3) is 0.500. The SMILES string of the molecule is CSCC[C@H](N)C(=O)N[C@H](C(=O)N[C@@H](CC(=O)O)C(=O)N[C@@H](Cc1ccc(O)cc1)C(=O)O)[C@@H](C)O. The lowest BCUT2D eigenvalue weighted by molar-refractivity contribution is -0.143. The minimum atomic E-state index is -1.71. The van der Waals surface area contributed by atoms with Crippen molar-refractivity contribution in [2.75, 3.05) is 12.0 Å². The number of aromatic hydroxyl groups is 1. The maximum atomic E-state index is 12.8. The van der Waals surface area contributed by atoms with Gasteiger partial charge in [0.15, 0.2) is 0 Å². The first kappa shape index (κ1) is 30.7. The van der Waals surface area contributed by atoms with Gasteiger partial charge in [0.05, 0.1) is 18.6 Å². The standard InChI is InChI=1S/C22H32N4O9S/c1-11(27)18(26-19(31)14(23)7-8-36-2)21(33)24-15(10-17(29)30)20(32)25-16(22(34)35)9-12-3-5-13(28)6-4-12/h3-6,11,14-16,18,27-28H,7-10,23H2,1-2H3,(H,24,33)(H,25,32)(H,26,31)(H,29,30)(H,34,35)/t11-,14+,15+,16+,18+/m1/s1. The summed E-state index contributed by atoms with van der Waals surface area (Å²) in [5.74, 6) is -5.20. The zero-order valence-electron chi connectivity index (χ0n) is 19.8. The number of carbonyl (C=O) groups is 5. The number of thioether (sulfide) groups is 1. The molecule has 0 saturated carbocycles. The molecule has 0 radical (unpaired) electrons. The van der Waals surface area contributed by atoms with Crippen molar-refractivity contribution < 1.29 is 44.4 Å². The average molecular weight is 529 g/mol. The Bertz CT molecular complexity index is 927. The van der Waals surface area contributed by atoms with Gasteiger partial charge in [-0.1, -0.05) is 12.1 Å². The van der Waals surface area contributed by atoms with Gasteiger partial charge in [-0.15, -0.1) is 0 Å². The van der Waals surface area contributed by atoms with Crippen molar-refractivity contribution in [1.82, 2.24) is 16.0 Å². The molecule has 0 aliphatic carbocycles. The average Bonchev–Trinajstić information content (AvgIpc) is 2.80. The van der Waals surface area contributed by atoms with E-state index < -0.39 is 66.4 Å². The van der Waals surface area contributed by atoms with E-state index in [9.17, 15) is 44.4 Å². The van der Waals surface area contributed by atoms with Crippen molar-refractivity contribution in [2.24, 2.45) is 5.73 Å². The maximum Gasteiger partial charge on any atom is 0.326 e. The molecule has 5 atom stereocenters. The van der Waals surface area contributed by atoms with E-state index in [0.29, 0.717) is 17.7 Å². The summed E-state index contributed by atoms with van der Waals surface area (Å²) in [5, 5.41) is 44.7. The molecule has 200 valence electrons. The molecule has 13 nitrogen and oxygen atoms in total. The molecule has 0 heterocycles. The number of amides is 3. The monoisotopic (exact) mass is 528 g/mol. The highest BCUT2D eigenvalue weighted by molar-refractivity contribution is 7.98. The molecule has 0 aliphatic rings. The van der Waals surface area contributed by atoms with E-state index in [1.807, 2.05) is 6.26 Å². The summed E-state index contributed by atoms with van der Waals surface area (Å²) in [5.41, 5.74) is 6.24. The first-order chi connectivity index (χ1) is 16.8. The molecule has 0 aromatic heterocycles. The molecule has 14 heteroatoms. The van der Waals surface area contributed by atoms with Crippen LogP contribution in [0.15, 0.2) is 24.3 Å². The van der Waals surface area contributed by atoms with Crippen LogP contribution in [0.3, 0.4) is 0 Å². The second kappa shape index (κ2) is 14.9. The van der Waals surface area contributed by atoms with Crippen LogP contribution in [0.2, 0.25) is 0 Å². The molecule has 36 heavy (non-hydrogen) atoms. The third-order valence-corrected chi connectivity index (χ3v) is 5.68. The van der Waals surface area contributed by atoms with Gasteiger partial charge in [0, 0.05) is 6.42 Å². The van der Waals surface area contributed by atoms with Gasteiger partial charge in [0.25, 0.3) is 0 Å². The number of rotatable bonds is 15. The Balaban J connectivity index is 2.97.